The molecule has 2 amide bonds. The van der Waals surface area contributed by atoms with Gasteiger partial charge in [0.25, 0.3) is 11.8 Å². The Morgan fingerprint density at radius 3 is 2.05 bits per heavy atom. The standard InChI is InChI=1S/C33H43N3O3/c1-5-20-36(21-6-2)32(39)27-17-13-16-26(23-27)31(38)35-29(22-25-14-9-7-10-15-25)30(37)24-34-33(3,4)28-18-11-8-12-19-28/h7-19,23,29-30,34,37H,5-6,20-22,24H2,1-4H3,(H,35,38)/t29-,30+/m0/s1. The molecule has 0 bridgehead atoms. The summed E-state index contributed by atoms with van der Waals surface area (Å²) in [6.45, 7) is 9.90. The molecular formula is C33H43N3O3. The minimum absolute atomic E-state index is 0.0680. The highest BCUT2D eigenvalue weighted by molar-refractivity contribution is 5.99. The topological polar surface area (TPSA) is 81.7 Å². The number of nitrogens with one attached hydrogen (secondary N) is 2. The molecule has 3 N–H and O–H groups in total. The summed E-state index contributed by atoms with van der Waals surface area (Å²) in [7, 11) is 0. The van der Waals surface area contributed by atoms with Gasteiger partial charge in [-0.25, -0.2) is 0 Å². The van der Waals surface area contributed by atoms with Crippen LogP contribution >= 0.6 is 0 Å². The number of hydrogen-bond acceptors (Lipinski definition) is 4. The van der Waals surface area contributed by atoms with Gasteiger partial charge in [0.1, 0.15) is 0 Å². The zero-order valence-corrected chi connectivity index (χ0v) is 23.7. The van der Waals surface area contributed by atoms with E-state index in [0.717, 1.165) is 24.0 Å². The lowest BCUT2D eigenvalue weighted by Crippen LogP contribution is -2.51. The quantitative estimate of drug-likeness (QED) is 0.269. The summed E-state index contributed by atoms with van der Waals surface area (Å²) in [4.78, 5) is 28.3. The zero-order chi connectivity index (χ0) is 28.3. The molecule has 0 aliphatic carbocycles. The van der Waals surface area contributed by atoms with Crippen LogP contribution in [0.25, 0.3) is 0 Å². The Balaban J connectivity index is 1.76. The number of nitrogens with zero attached hydrogens (tertiary/aromatic N) is 1. The maximum Gasteiger partial charge on any atom is 0.253 e. The maximum absolute atomic E-state index is 13.4. The number of rotatable bonds is 14. The van der Waals surface area contributed by atoms with Gasteiger partial charge in [-0.2, -0.15) is 0 Å². The molecule has 0 aliphatic heterocycles. The van der Waals surface area contributed by atoms with Crippen LogP contribution in [0.5, 0.6) is 0 Å². The first-order valence-electron chi connectivity index (χ1n) is 14.0. The molecule has 6 heteroatoms. The van der Waals surface area contributed by atoms with Gasteiger partial charge in [-0.05, 0) is 62.4 Å². The van der Waals surface area contributed by atoms with Crippen LogP contribution in [-0.4, -0.2) is 53.6 Å². The van der Waals surface area contributed by atoms with Crippen molar-refractivity contribution in [2.45, 2.75) is 64.6 Å². The van der Waals surface area contributed by atoms with Gasteiger partial charge in [-0.15, -0.1) is 0 Å². The molecule has 0 saturated heterocycles. The largest absolute Gasteiger partial charge is 0.390 e. The molecule has 3 aromatic carbocycles. The summed E-state index contributed by atoms with van der Waals surface area (Å²) in [5, 5.41) is 17.8. The van der Waals surface area contributed by atoms with Crippen molar-refractivity contribution in [2.24, 2.45) is 0 Å². The van der Waals surface area contributed by atoms with Crippen molar-refractivity contribution >= 4 is 11.8 Å². The summed E-state index contributed by atoms with van der Waals surface area (Å²) < 4.78 is 0. The number of benzene rings is 3. The Hall–Kier alpha value is -3.48. The fraction of sp³-hybridized carbons (Fsp3) is 0.394. The average molecular weight is 530 g/mol. The molecule has 6 nitrogen and oxygen atoms in total. The lowest BCUT2D eigenvalue weighted by Gasteiger charge is -2.31. The third-order valence-electron chi connectivity index (χ3n) is 6.97. The molecule has 0 fully saturated rings. The van der Waals surface area contributed by atoms with Crippen molar-refractivity contribution < 1.29 is 14.7 Å². The van der Waals surface area contributed by atoms with E-state index in [2.05, 4.69) is 36.6 Å². The molecule has 0 aromatic heterocycles. The van der Waals surface area contributed by atoms with Crippen LogP contribution in [0.1, 0.15) is 72.4 Å². The monoisotopic (exact) mass is 529 g/mol. The van der Waals surface area contributed by atoms with E-state index in [9.17, 15) is 14.7 Å². The Bertz CT molecular complexity index is 1180. The van der Waals surface area contributed by atoms with Crippen molar-refractivity contribution in [3.05, 3.63) is 107 Å². The summed E-state index contributed by atoms with van der Waals surface area (Å²) in [5.41, 5.74) is 2.67. The highest BCUT2D eigenvalue weighted by Crippen LogP contribution is 2.20. The molecule has 0 radical (unpaired) electrons. The second-order valence-electron chi connectivity index (χ2n) is 10.6. The van der Waals surface area contributed by atoms with E-state index in [1.165, 1.54) is 0 Å². The Morgan fingerprint density at radius 2 is 1.44 bits per heavy atom. The van der Waals surface area contributed by atoms with Crippen molar-refractivity contribution in [1.82, 2.24) is 15.5 Å². The molecule has 39 heavy (non-hydrogen) atoms. The van der Waals surface area contributed by atoms with Crippen LogP contribution in [0.3, 0.4) is 0 Å². The molecule has 208 valence electrons. The predicted molar refractivity (Wildman–Crippen MR) is 158 cm³/mol. The van der Waals surface area contributed by atoms with Crippen LogP contribution < -0.4 is 10.6 Å². The lowest BCUT2D eigenvalue weighted by molar-refractivity contribution is 0.0755. The van der Waals surface area contributed by atoms with E-state index < -0.39 is 12.1 Å². The molecule has 0 heterocycles. The molecule has 0 saturated carbocycles. The molecular weight excluding hydrogens is 486 g/mol. The number of hydrogen-bond donors (Lipinski definition) is 3. The molecule has 3 rings (SSSR count). The van der Waals surface area contributed by atoms with Crippen molar-refractivity contribution in [3.63, 3.8) is 0 Å². The van der Waals surface area contributed by atoms with E-state index in [0.29, 0.717) is 37.2 Å². The SMILES string of the molecule is CCCN(CCC)C(=O)c1cccc(C(=O)N[C@@H](Cc2ccccc2)[C@H](O)CNC(C)(C)c2ccccc2)c1. The Kier molecular flexibility index (Phi) is 11.3. The first-order chi connectivity index (χ1) is 18.7. The fourth-order valence-electron chi connectivity index (χ4n) is 4.69. The molecule has 0 aliphatic rings. The fourth-order valence-corrected chi connectivity index (χ4v) is 4.69. The van der Waals surface area contributed by atoms with E-state index in [1.54, 1.807) is 24.3 Å². The van der Waals surface area contributed by atoms with Crippen molar-refractivity contribution in [2.75, 3.05) is 19.6 Å². The summed E-state index contributed by atoms with van der Waals surface area (Å²) in [6, 6.07) is 26.2. The highest BCUT2D eigenvalue weighted by Gasteiger charge is 2.27. The zero-order valence-electron chi connectivity index (χ0n) is 23.7. The second kappa shape index (κ2) is 14.6. The second-order valence-corrected chi connectivity index (χ2v) is 10.6. The molecule has 0 unspecified atom stereocenters. The third kappa shape index (κ3) is 8.77. The number of carbonyl (C=O) groups excluding carboxylic acids is 2. The van der Waals surface area contributed by atoms with Crippen LogP contribution in [-0.2, 0) is 12.0 Å². The van der Waals surface area contributed by atoms with E-state index in [1.807, 2.05) is 67.3 Å². The average Bonchev–Trinajstić information content (AvgIpc) is 2.96. The van der Waals surface area contributed by atoms with Gasteiger partial charge in [0.2, 0.25) is 0 Å². The molecule has 0 spiro atoms. The smallest absolute Gasteiger partial charge is 0.253 e. The highest BCUT2D eigenvalue weighted by atomic mass is 16.3. The minimum Gasteiger partial charge on any atom is -0.390 e. The summed E-state index contributed by atoms with van der Waals surface area (Å²) in [5.74, 6) is -0.383. The predicted octanol–water partition coefficient (Wildman–Crippen LogP) is 5.18. The van der Waals surface area contributed by atoms with Gasteiger partial charge < -0.3 is 20.6 Å². The Labute approximate surface area is 233 Å². The van der Waals surface area contributed by atoms with E-state index >= 15 is 0 Å². The van der Waals surface area contributed by atoms with Gasteiger partial charge >= 0.3 is 0 Å². The molecule has 3 aromatic rings. The lowest BCUT2D eigenvalue weighted by atomic mass is 9.93. The number of carbonyl (C=O) groups is 2. The van der Waals surface area contributed by atoms with Crippen LogP contribution in [0.4, 0.5) is 0 Å². The van der Waals surface area contributed by atoms with Gasteiger partial charge in [-0.3, -0.25) is 9.59 Å². The summed E-state index contributed by atoms with van der Waals surface area (Å²) in [6.07, 6.45) is 1.38. The first kappa shape index (κ1) is 30.1. The van der Waals surface area contributed by atoms with Gasteiger partial charge in [0, 0.05) is 36.3 Å². The number of aliphatic hydroxyl groups excluding tert-OH is 1. The third-order valence-corrected chi connectivity index (χ3v) is 6.97. The number of aliphatic hydroxyl groups is 1. The van der Waals surface area contributed by atoms with Gasteiger partial charge in [0.15, 0.2) is 0 Å². The van der Waals surface area contributed by atoms with Gasteiger partial charge in [-0.1, -0.05) is 80.6 Å². The Morgan fingerprint density at radius 1 is 0.846 bits per heavy atom. The van der Waals surface area contributed by atoms with Crippen LogP contribution in [0.2, 0.25) is 0 Å². The van der Waals surface area contributed by atoms with Crippen molar-refractivity contribution in [1.29, 1.82) is 0 Å². The first-order valence-corrected chi connectivity index (χ1v) is 14.0. The van der Waals surface area contributed by atoms with Crippen LogP contribution in [0, 0.1) is 0 Å². The van der Waals surface area contributed by atoms with E-state index in [4.69, 9.17) is 0 Å². The molecule has 2 atom stereocenters. The van der Waals surface area contributed by atoms with Gasteiger partial charge in [0.05, 0.1) is 12.1 Å². The van der Waals surface area contributed by atoms with Crippen LogP contribution in [0.15, 0.2) is 84.9 Å². The maximum atomic E-state index is 13.4. The van der Waals surface area contributed by atoms with E-state index in [-0.39, 0.29) is 17.4 Å². The van der Waals surface area contributed by atoms with Crippen molar-refractivity contribution in [3.8, 4) is 0 Å². The normalized spacial score (nSPS) is 12.9. The summed E-state index contributed by atoms with van der Waals surface area (Å²) >= 11 is 0. The minimum atomic E-state index is -0.841. The number of amides is 2.